The maximum absolute atomic E-state index is 12.8. The number of H-pyrrole nitrogens is 1. The maximum Gasteiger partial charge on any atom is 0.243 e. The Bertz CT molecular complexity index is 841. The van der Waals surface area contributed by atoms with Gasteiger partial charge in [0.2, 0.25) is 20.9 Å². The molecule has 0 atom stereocenters. The van der Waals surface area contributed by atoms with Crippen molar-refractivity contribution < 1.29 is 17.2 Å². The second-order valence-corrected chi connectivity index (χ2v) is 6.11. The average Bonchev–Trinajstić information content (AvgIpc) is 3.10. The van der Waals surface area contributed by atoms with Crippen LogP contribution in [0.15, 0.2) is 46.4 Å². The van der Waals surface area contributed by atoms with Crippen LogP contribution in [0.5, 0.6) is 0 Å². The van der Waals surface area contributed by atoms with Crippen LogP contribution in [-0.2, 0) is 15.6 Å². The standard InChI is InChI=1S/C12H9FN4O3S/c13-9-3-1-8(2-4-9)11-16-10(5-20-11)6-21(18,19)12-14-7-15-17-12/h1-5,7H,6H2,(H,14,15,17). The molecule has 2 heterocycles. The number of aromatic nitrogens is 4. The van der Waals surface area contributed by atoms with Crippen LogP contribution in [0.2, 0.25) is 0 Å². The molecule has 0 bridgehead atoms. The van der Waals surface area contributed by atoms with Gasteiger partial charge in [-0.05, 0) is 24.3 Å². The Hall–Kier alpha value is -2.55. The summed E-state index contributed by atoms with van der Waals surface area (Å²) in [7, 11) is -3.66. The van der Waals surface area contributed by atoms with Crippen molar-refractivity contribution >= 4 is 9.84 Å². The lowest BCUT2D eigenvalue weighted by atomic mass is 10.2. The Kier molecular flexibility index (Phi) is 3.26. The predicted octanol–water partition coefficient (Wildman–Crippen LogP) is 1.57. The van der Waals surface area contributed by atoms with Crippen molar-refractivity contribution in [1.29, 1.82) is 0 Å². The van der Waals surface area contributed by atoms with Gasteiger partial charge in [-0.15, -0.1) is 0 Å². The van der Waals surface area contributed by atoms with E-state index in [1.165, 1.54) is 30.5 Å². The molecule has 0 fully saturated rings. The van der Waals surface area contributed by atoms with Crippen LogP contribution in [0.3, 0.4) is 0 Å². The zero-order valence-electron chi connectivity index (χ0n) is 10.5. The number of nitrogens with zero attached hydrogens (tertiary/aromatic N) is 3. The first-order chi connectivity index (χ1) is 10.0. The molecule has 0 unspecified atom stereocenters. The molecule has 0 aliphatic heterocycles. The fraction of sp³-hybridized carbons (Fsp3) is 0.0833. The molecule has 7 nitrogen and oxygen atoms in total. The number of halogens is 1. The highest BCUT2D eigenvalue weighted by Crippen LogP contribution is 2.20. The van der Waals surface area contributed by atoms with Crippen LogP contribution < -0.4 is 0 Å². The van der Waals surface area contributed by atoms with Gasteiger partial charge in [-0.2, -0.15) is 5.10 Å². The molecule has 0 aliphatic rings. The van der Waals surface area contributed by atoms with Crippen molar-refractivity contribution in [2.45, 2.75) is 10.9 Å². The Morgan fingerprint density at radius 3 is 2.67 bits per heavy atom. The van der Waals surface area contributed by atoms with Crippen molar-refractivity contribution in [3.05, 3.63) is 48.4 Å². The number of hydrogen-bond acceptors (Lipinski definition) is 6. The highest BCUT2D eigenvalue weighted by molar-refractivity contribution is 7.90. The molecule has 3 aromatic rings. The Morgan fingerprint density at radius 1 is 1.24 bits per heavy atom. The molecular weight excluding hydrogens is 299 g/mol. The molecule has 0 spiro atoms. The summed E-state index contributed by atoms with van der Waals surface area (Å²) in [4.78, 5) is 7.68. The summed E-state index contributed by atoms with van der Waals surface area (Å²) in [5.41, 5.74) is 0.783. The highest BCUT2D eigenvalue weighted by Gasteiger charge is 2.21. The largest absolute Gasteiger partial charge is 0.444 e. The maximum atomic E-state index is 12.8. The van der Waals surface area contributed by atoms with Crippen LogP contribution in [-0.4, -0.2) is 28.6 Å². The van der Waals surface area contributed by atoms with E-state index in [1.54, 1.807) is 0 Å². The molecular formula is C12H9FN4O3S. The van der Waals surface area contributed by atoms with Gasteiger partial charge in [0.05, 0.1) is 5.69 Å². The van der Waals surface area contributed by atoms with Gasteiger partial charge >= 0.3 is 0 Å². The van der Waals surface area contributed by atoms with E-state index in [2.05, 4.69) is 20.2 Å². The van der Waals surface area contributed by atoms with Gasteiger partial charge in [0.25, 0.3) is 0 Å². The third-order valence-electron chi connectivity index (χ3n) is 2.67. The number of sulfone groups is 1. The van der Waals surface area contributed by atoms with E-state index in [9.17, 15) is 12.8 Å². The van der Waals surface area contributed by atoms with Gasteiger partial charge in [0.1, 0.15) is 24.2 Å². The molecule has 0 amide bonds. The first-order valence-electron chi connectivity index (χ1n) is 5.83. The molecule has 2 aromatic heterocycles. The zero-order chi connectivity index (χ0) is 14.9. The highest BCUT2D eigenvalue weighted by atomic mass is 32.2. The van der Waals surface area contributed by atoms with Crippen LogP contribution >= 0.6 is 0 Å². The van der Waals surface area contributed by atoms with E-state index >= 15 is 0 Å². The van der Waals surface area contributed by atoms with Gasteiger partial charge in [-0.25, -0.2) is 22.8 Å². The molecule has 0 aliphatic carbocycles. The smallest absolute Gasteiger partial charge is 0.243 e. The summed E-state index contributed by atoms with van der Waals surface area (Å²) in [6, 6.07) is 5.53. The Morgan fingerprint density at radius 2 is 2.00 bits per heavy atom. The van der Waals surface area contributed by atoms with E-state index in [1.807, 2.05) is 0 Å². The van der Waals surface area contributed by atoms with E-state index < -0.39 is 9.84 Å². The van der Waals surface area contributed by atoms with Gasteiger partial charge in [0.15, 0.2) is 0 Å². The van der Waals surface area contributed by atoms with Crippen molar-refractivity contribution in [2.75, 3.05) is 0 Å². The molecule has 21 heavy (non-hydrogen) atoms. The SMILES string of the molecule is O=S(=O)(Cc1coc(-c2ccc(F)cc2)n1)c1ncn[nH]1. The molecule has 0 radical (unpaired) electrons. The zero-order valence-corrected chi connectivity index (χ0v) is 11.3. The first kappa shape index (κ1) is 13.4. The van der Waals surface area contributed by atoms with E-state index in [4.69, 9.17) is 4.42 Å². The van der Waals surface area contributed by atoms with Crippen molar-refractivity contribution in [3.63, 3.8) is 0 Å². The monoisotopic (exact) mass is 308 g/mol. The van der Waals surface area contributed by atoms with Crippen molar-refractivity contribution in [3.8, 4) is 11.5 Å². The summed E-state index contributed by atoms with van der Waals surface area (Å²) in [5.74, 6) is -0.524. The second-order valence-electron chi connectivity index (χ2n) is 4.20. The molecule has 3 rings (SSSR count). The Balaban J connectivity index is 1.84. The normalized spacial score (nSPS) is 11.7. The summed E-state index contributed by atoms with van der Waals surface area (Å²) in [5, 5.41) is 5.56. The number of nitrogens with one attached hydrogen (secondary N) is 1. The van der Waals surface area contributed by atoms with Gasteiger partial charge in [-0.1, -0.05) is 0 Å². The van der Waals surface area contributed by atoms with Gasteiger partial charge in [0, 0.05) is 5.56 Å². The minimum absolute atomic E-state index is 0.220. The first-order valence-corrected chi connectivity index (χ1v) is 7.48. The summed E-state index contributed by atoms with van der Waals surface area (Å²) < 4.78 is 42.0. The number of aromatic amines is 1. The second kappa shape index (κ2) is 5.09. The predicted molar refractivity (Wildman–Crippen MR) is 69.2 cm³/mol. The van der Waals surface area contributed by atoms with Gasteiger partial charge in [-0.3, -0.25) is 5.10 Å². The summed E-state index contributed by atoms with van der Waals surface area (Å²) in [6.45, 7) is 0. The molecule has 0 saturated carbocycles. The van der Waals surface area contributed by atoms with E-state index in [0.717, 1.165) is 6.33 Å². The molecule has 108 valence electrons. The number of benzene rings is 1. The van der Waals surface area contributed by atoms with Crippen LogP contribution in [0.4, 0.5) is 4.39 Å². The molecule has 1 N–H and O–H groups in total. The van der Waals surface area contributed by atoms with Crippen LogP contribution in [0, 0.1) is 5.82 Å². The van der Waals surface area contributed by atoms with Crippen LogP contribution in [0.1, 0.15) is 5.69 Å². The van der Waals surface area contributed by atoms with Crippen molar-refractivity contribution in [1.82, 2.24) is 20.2 Å². The lowest BCUT2D eigenvalue weighted by molar-refractivity contribution is 0.570. The van der Waals surface area contributed by atoms with E-state index in [-0.39, 0.29) is 28.3 Å². The van der Waals surface area contributed by atoms with Crippen molar-refractivity contribution in [2.24, 2.45) is 0 Å². The fourth-order valence-corrected chi connectivity index (χ4v) is 2.76. The minimum atomic E-state index is -3.66. The van der Waals surface area contributed by atoms with Crippen LogP contribution in [0.25, 0.3) is 11.5 Å². The quantitative estimate of drug-likeness (QED) is 0.785. The Labute approximate surface area is 118 Å². The number of oxazole rings is 1. The number of rotatable bonds is 4. The topological polar surface area (TPSA) is 102 Å². The van der Waals surface area contributed by atoms with Gasteiger partial charge < -0.3 is 4.42 Å². The fourth-order valence-electron chi connectivity index (χ4n) is 1.71. The van der Waals surface area contributed by atoms with E-state index in [0.29, 0.717) is 5.56 Å². The molecule has 9 heteroatoms. The third kappa shape index (κ3) is 2.82. The molecule has 1 aromatic carbocycles. The number of hydrogen-bond donors (Lipinski definition) is 1. The average molecular weight is 308 g/mol. The lowest BCUT2D eigenvalue weighted by Gasteiger charge is -1.96. The lowest BCUT2D eigenvalue weighted by Crippen LogP contribution is -2.07. The molecule has 0 saturated heterocycles. The third-order valence-corrected chi connectivity index (χ3v) is 4.13. The summed E-state index contributed by atoms with van der Waals surface area (Å²) >= 11 is 0. The summed E-state index contributed by atoms with van der Waals surface area (Å²) in [6.07, 6.45) is 2.35. The minimum Gasteiger partial charge on any atom is -0.444 e.